The van der Waals surface area contributed by atoms with E-state index in [1.807, 2.05) is 4.72 Å². The molecule has 0 radical (unpaired) electrons. The molecule has 0 atom stereocenters. The summed E-state index contributed by atoms with van der Waals surface area (Å²) in [6.07, 6.45) is 3.15. The third-order valence-electron chi connectivity index (χ3n) is 3.79. The minimum atomic E-state index is -3.84. The highest BCUT2D eigenvalue weighted by molar-refractivity contribution is 7.92. The molecule has 0 amide bonds. The monoisotopic (exact) mass is 391 g/mol. The van der Waals surface area contributed by atoms with Crippen molar-refractivity contribution in [3.63, 3.8) is 0 Å². The van der Waals surface area contributed by atoms with Crippen LogP contribution < -0.4 is 4.72 Å². The van der Waals surface area contributed by atoms with E-state index in [0.717, 1.165) is 6.07 Å². The molecule has 9 heteroatoms. The highest BCUT2D eigenvalue weighted by Crippen LogP contribution is 2.25. The van der Waals surface area contributed by atoms with E-state index in [2.05, 4.69) is 9.97 Å². The molecule has 0 unspecified atom stereocenters. The lowest BCUT2D eigenvalue weighted by Crippen LogP contribution is -2.18. The molecule has 0 aliphatic heterocycles. The SMILES string of the molecule is CCCS(=O)(=O)Nc1cc(F)cc(C(=O)c2ccc3ncncc3c2)c1F. The van der Waals surface area contributed by atoms with Crippen molar-refractivity contribution in [2.75, 3.05) is 10.5 Å². The average molecular weight is 391 g/mol. The maximum Gasteiger partial charge on any atom is 0.232 e. The second kappa shape index (κ2) is 7.36. The Kier molecular flexibility index (Phi) is 5.13. The lowest BCUT2D eigenvalue weighted by atomic mass is 10.0. The van der Waals surface area contributed by atoms with Gasteiger partial charge in [0.2, 0.25) is 10.0 Å². The van der Waals surface area contributed by atoms with Crippen LogP contribution in [0.1, 0.15) is 29.3 Å². The molecule has 0 bridgehead atoms. The van der Waals surface area contributed by atoms with Crippen molar-refractivity contribution in [2.45, 2.75) is 13.3 Å². The first-order chi connectivity index (χ1) is 12.8. The van der Waals surface area contributed by atoms with Crippen molar-refractivity contribution < 1.29 is 22.0 Å². The number of hydrogen-bond acceptors (Lipinski definition) is 5. The minimum absolute atomic E-state index is 0.101. The predicted molar refractivity (Wildman–Crippen MR) is 97.0 cm³/mol. The molecule has 1 N–H and O–H groups in total. The van der Waals surface area contributed by atoms with Crippen LogP contribution in [0.5, 0.6) is 0 Å². The summed E-state index contributed by atoms with van der Waals surface area (Å²) >= 11 is 0. The van der Waals surface area contributed by atoms with Gasteiger partial charge in [0, 0.05) is 23.2 Å². The Morgan fingerprint density at radius 1 is 1.19 bits per heavy atom. The zero-order valence-corrected chi connectivity index (χ0v) is 15.1. The van der Waals surface area contributed by atoms with E-state index < -0.39 is 38.7 Å². The number of sulfonamides is 1. The summed E-state index contributed by atoms with van der Waals surface area (Å²) in [5.74, 6) is -3.10. The van der Waals surface area contributed by atoms with E-state index >= 15 is 0 Å². The first-order valence-electron chi connectivity index (χ1n) is 8.04. The van der Waals surface area contributed by atoms with E-state index in [1.165, 1.54) is 24.7 Å². The number of aromatic nitrogens is 2. The van der Waals surface area contributed by atoms with Gasteiger partial charge < -0.3 is 0 Å². The van der Waals surface area contributed by atoms with Gasteiger partial charge in [-0.2, -0.15) is 0 Å². The Morgan fingerprint density at radius 2 is 1.96 bits per heavy atom. The van der Waals surface area contributed by atoms with Crippen molar-refractivity contribution in [2.24, 2.45) is 0 Å². The van der Waals surface area contributed by atoms with Crippen molar-refractivity contribution in [3.05, 3.63) is 65.6 Å². The van der Waals surface area contributed by atoms with Crippen molar-refractivity contribution >= 4 is 32.4 Å². The van der Waals surface area contributed by atoms with Crippen LogP contribution in [0.25, 0.3) is 10.9 Å². The summed E-state index contributed by atoms with van der Waals surface area (Å²) in [7, 11) is -3.84. The maximum absolute atomic E-state index is 14.7. The molecule has 0 saturated carbocycles. The number of benzene rings is 2. The van der Waals surface area contributed by atoms with Gasteiger partial charge in [0.1, 0.15) is 12.1 Å². The number of hydrogen-bond donors (Lipinski definition) is 1. The van der Waals surface area contributed by atoms with E-state index in [-0.39, 0.29) is 11.3 Å². The van der Waals surface area contributed by atoms with Crippen LogP contribution in [0.2, 0.25) is 0 Å². The molecule has 3 aromatic rings. The highest BCUT2D eigenvalue weighted by atomic mass is 32.2. The molecular weight excluding hydrogens is 376 g/mol. The second-order valence-electron chi connectivity index (χ2n) is 5.86. The number of rotatable bonds is 6. The Balaban J connectivity index is 2.03. The van der Waals surface area contributed by atoms with Crippen molar-refractivity contribution in [1.29, 1.82) is 0 Å². The van der Waals surface area contributed by atoms with E-state index in [1.54, 1.807) is 13.0 Å². The van der Waals surface area contributed by atoms with Crippen LogP contribution in [0.3, 0.4) is 0 Å². The van der Waals surface area contributed by atoms with Gasteiger partial charge in [-0.1, -0.05) is 6.92 Å². The fraction of sp³-hybridized carbons (Fsp3) is 0.167. The van der Waals surface area contributed by atoms with Gasteiger partial charge >= 0.3 is 0 Å². The second-order valence-corrected chi connectivity index (χ2v) is 7.70. The van der Waals surface area contributed by atoms with Gasteiger partial charge in [-0.15, -0.1) is 0 Å². The van der Waals surface area contributed by atoms with E-state index in [4.69, 9.17) is 0 Å². The van der Waals surface area contributed by atoms with Crippen LogP contribution >= 0.6 is 0 Å². The summed E-state index contributed by atoms with van der Waals surface area (Å²) in [6.45, 7) is 1.64. The summed E-state index contributed by atoms with van der Waals surface area (Å²) in [5, 5.41) is 0.559. The number of halogens is 2. The standard InChI is InChI=1S/C18H15F2N3O3S/c1-2-5-27(25,26)23-16-8-13(19)7-14(17(16)20)18(24)11-3-4-15-12(6-11)9-21-10-22-15/h3-4,6-10,23H,2,5H2,1H3. The van der Waals surface area contributed by atoms with Crippen molar-refractivity contribution in [1.82, 2.24) is 9.97 Å². The molecule has 0 aliphatic rings. The van der Waals surface area contributed by atoms with Gasteiger partial charge in [0.15, 0.2) is 11.6 Å². The summed E-state index contributed by atoms with van der Waals surface area (Å²) in [6, 6.07) is 5.90. The van der Waals surface area contributed by atoms with Crippen LogP contribution in [-0.2, 0) is 10.0 Å². The quantitative estimate of drug-likeness (QED) is 0.652. The Labute approximate surface area is 154 Å². The Hall–Kier alpha value is -2.94. The van der Waals surface area contributed by atoms with E-state index in [9.17, 15) is 22.0 Å². The molecule has 0 fully saturated rings. The Morgan fingerprint density at radius 3 is 2.70 bits per heavy atom. The van der Waals surface area contributed by atoms with Gasteiger partial charge in [-0.25, -0.2) is 27.2 Å². The molecule has 140 valence electrons. The van der Waals surface area contributed by atoms with Crippen molar-refractivity contribution in [3.8, 4) is 0 Å². The first-order valence-corrected chi connectivity index (χ1v) is 9.70. The zero-order chi connectivity index (χ0) is 19.6. The molecule has 0 saturated heterocycles. The Bertz CT molecular complexity index is 1130. The van der Waals surface area contributed by atoms with Crippen LogP contribution in [0.4, 0.5) is 14.5 Å². The lowest BCUT2D eigenvalue weighted by Gasteiger charge is -2.11. The molecule has 0 spiro atoms. The fourth-order valence-corrected chi connectivity index (χ4v) is 3.72. The van der Waals surface area contributed by atoms with Gasteiger partial charge in [-0.05, 0) is 30.7 Å². The molecule has 1 heterocycles. The first kappa shape index (κ1) is 18.8. The molecule has 3 rings (SSSR count). The van der Waals surface area contributed by atoms with Crippen LogP contribution in [0, 0.1) is 11.6 Å². The molecule has 2 aromatic carbocycles. The predicted octanol–water partition coefficient (Wildman–Crippen LogP) is 3.29. The third-order valence-corrected chi connectivity index (χ3v) is 5.26. The number of nitrogens with zero attached hydrogens (tertiary/aromatic N) is 2. The average Bonchev–Trinajstić information content (AvgIpc) is 2.63. The lowest BCUT2D eigenvalue weighted by molar-refractivity contribution is 0.103. The summed E-state index contributed by atoms with van der Waals surface area (Å²) < 4.78 is 54.4. The topological polar surface area (TPSA) is 89.0 Å². The number of carbonyl (C=O) groups excluding carboxylic acids is 1. The summed E-state index contributed by atoms with van der Waals surface area (Å²) in [5.41, 5.74) is -0.477. The largest absolute Gasteiger partial charge is 0.288 e. The van der Waals surface area contributed by atoms with Crippen LogP contribution in [-0.4, -0.2) is 29.9 Å². The molecule has 6 nitrogen and oxygen atoms in total. The number of fused-ring (bicyclic) bond motifs is 1. The van der Waals surface area contributed by atoms with Crippen LogP contribution in [0.15, 0.2) is 42.9 Å². The highest BCUT2D eigenvalue weighted by Gasteiger charge is 2.21. The minimum Gasteiger partial charge on any atom is -0.288 e. The fourth-order valence-electron chi connectivity index (χ4n) is 2.60. The number of carbonyl (C=O) groups is 1. The number of anilines is 1. The molecule has 1 aromatic heterocycles. The van der Waals surface area contributed by atoms with Gasteiger partial charge in [0.25, 0.3) is 0 Å². The van der Waals surface area contributed by atoms with E-state index in [0.29, 0.717) is 23.4 Å². The van der Waals surface area contributed by atoms with Gasteiger partial charge in [-0.3, -0.25) is 9.52 Å². The molecule has 0 aliphatic carbocycles. The molecule has 27 heavy (non-hydrogen) atoms. The number of nitrogens with one attached hydrogen (secondary N) is 1. The van der Waals surface area contributed by atoms with Gasteiger partial charge in [0.05, 0.1) is 22.5 Å². The normalized spacial score (nSPS) is 11.5. The smallest absolute Gasteiger partial charge is 0.232 e. The number of ketones is 1. The maximum atomic E-state index is 14.7. The zero-order valence-electron chi connectivity index (χ0n) is 14.2. The molecular formula is C18H15F2N3O3S. The summed E-state index contributed by atoms with van der Waals surface area (Å²) in [4.78, 5) is 20.6. The third kappa shape index (κ3) is 4.08.